The highest BCUT2D eigenvalue weighted by Gasteiger charge is 2.22. The Kier molecular flexibility index (Phi) is 5.77. The standard InChI is InChI=1S/C22H30N2O/c1-4-12-23(13-5-2)15-18(25)16-24-21-9-7-6-8-19(21)20-14-17(3)10-11-22(20)24/h4-5,10-11,14,18,25H,1-2,6-9,12-13,15-16H2,3H3/p+1. The number of benzene rings is 1. The molecule has 0 aliphatic heterocycles. The number of aliphatic hydroxyl groups is 1. The lowest BCUT2D eigenvalue weighted by atomic mass is 9.95. The lowest BCUT2D eigenvalue weighted by molar-refractivity contribution is -0.891. The third-order valence-electron chi connectivity index (χ3n) is 5.32. The molecule has 0 radical (unpaired) electrons. The van der Waals surface area contributed by atoms with E-state index in [1.807, 2.05) is 12.2 Å². The first-order chi connectivity index (χ1) is 12.1. The Hall–Kier alpha value is -1.84. The van der Waals surface area contributed by atoms with Gasteiger partial charge in [-0.15, -0.1) is 0 Å². The normalized spacial score (nSPS) is 15.3. The van der Waals surface area contributed by atoms with E-state index >= 15 is 0 Å². The maximum absolute atomic E-state index is 10.8. The summed E-state index contributed by atoms with van der Waals surface area (Å²) in [6, 6.07) is 6.73. The number of nitrogens with one attached hydrogen (secondary N) is 1. The molecule has 2 N–H and O–H groups in total. The lowest BCUT2D eigenvalue weighted by Crippen LogP contribution is -3.12. The van der Waals surface area contributed by atoms with Crippen molar-refractivity contribution in [3.8, 4) is 0 Å². The zero-order valence-corrected chi connectivity index (χ0v) is 15.4. The van der Waals surface area contributed by atoms with Crippen molar-refractivity contribution in [1.29, 1.82) is 0 Å². The van der Waals surface area contributed by atoms with E-state index in [9.17, 15) is 5.11 Å². The summed E-state index contributed by atoms with van der Waals surface area (Å²) in [6.45, 7) is 12.9. The van der Waals surface area contributed by atoms with E-state index in [0.717, 1.165) is 26.1 Å². The van der Waals surface area contributed by atoms with Gasteiger partial charge in [-0.1, -0.05) is 24.8 Å². The largest absolute Gasteiger partial charge is 0.385 e. The van der Waals surface area contributed by atoms with E-state index in [4.69, 9.17) is 0 Å². The predicted octanol–water partition coefficient (Wildman–Crippen LogP) is 2.45. The molecule has 2 aromatic rings. The maximum atomic E-state index is 10.8. The number of nitrogens with zero attached hydrogens (tertiary/aromatic N) is 1. The SMILES string of the molecule is C=CC[NH+](CC=C)CC(O)Cn1c2c(c3cc(C)ccc31)CCCC2. The highest BCUT2D eigenvalue weighted by Crippen LogP contribution is 2.32. The molecule has 0 saturated heterocycles. The van der Waals surface area contributed by atoms with Crippen LogP contribution in [0.25, 0.3) is 10.9 Å². The second-order valence-corrected chi connectivity index (χ2v) is 7.36. The Bertz CT molecular complexity index is 749. The van der Waals surface area contributed by atoms with Crippen molar-refractivity contribution < 1.29 is 10.0 Å². The predicted molar refractivity (Wildman–Crippen MR) is 105 cm³/mol. The van der Waals surface area contributed by atoms with Crippen molar-refractivity contribution in [2.75, 3.05) is 19.6 Å². The second kappa shape index (κ2) is 8.03. The first-order valence-corrected chi connectivity index (χ1v) is 9.48. The average Bonchev–Trinajstić information content (AvgIpc) is 2.89. The summed E-state index contributed by atoms with van der Waals surface area (Å²) in [5, 5.41) is 12.1. The van der Waals surface area contributed by atoms with Gasteiger partial charge in [-0.3, -0.25) is 0 Å². The molecule has 1 atom stereocenters. The zero-order chi connectivity index (χ0) is 17.8. The van der Waals surface area contributed by atoms with Gasteiger partial charge in [0.1, 0.15) is 12.6 Å². The zero-order valence-electron chi connectivity index (χ0n) is 15.4. The molecular weight excluding hydrogens is 308 g/mol. The number of aliphatic hydroxyl groups excluding tert-OH is 1. The van der Waals surface area contributed by atoms with Crippen LogP contribution in [0.1, 0.15) is 29.7 Å². The molecule has 1 aromatic heterocycles. The minimum absolute atomic E-state index is 0.363. The molecule has 0 spiro atoms. The number of hydrogen-bond donors (Lipinski definition) is 2. The lowest BCUT2D eigenvalue weighted by Gasteiger charge is -2.22. The van der Waals surface area contributed by atoms with E-state index in [1.165, 1.54) is 51.9 Å². The van der Waals surface area contributed by atoms with E-state index in [-0.39, 0.29) is 6.10 Å². The summed E-state index contributed by atoms with van der Waals surface area (Å²) in [6.07, 6.45) is 8.30. The topological polar surface area (TPSA) is 29.6 Å². The van der Waals surface area contributed by atoms with Gasteiger partial charge < -0.3 is 14.6 Å². The van der Waals surface area contributed by atoms with Crippen LogP contribution in [-0.4, -0.2) is 35.4 Å². The van der Waals surface area contributed by atoms with Crippen LogP contribution in [0.2, 0.25) is 0 Å². The van der Waals surface area contributed by atoms with Gasteiger partial charge in [0.25, 0.3) is 0 Å². The average molecular weight is 340 g/mol. The van der Waals surface area contributed by atoms with E-state index in [1.54, 1.807) is 0 Å². The molecule has 0 amide bonds. The van der Waals surface area contributed by atoms with Crippen molar-refractivity contribution in [2.24, 2.45) is 0 Å². The minimum Gasteiger partial charge on any atom is -0.385 e. The summed E-state index contributed by atoms with van der Waals surface area (Å²) in [7, 11) is 0. The molecule has 1 heterocycles. The minimum atomic E-state index is -0.363. The van der Waals surface area contributed by atoms with Gasteiger partial charge >= 0.3 is 0 Å². The number of rotatable bonds is 8. The number of aromatic nitrogens is 1. The van der Waals surface area contributed by atoms with Gasteiger partial charge in [0.05, 0.1) is 19.6 Å². The smallest absolute Gasteiger partial charge is 0.121 e. The fourth-order valence-corrected chi connectivity index (χ4v) is 4.23. The van der Waals surface area contributed by atoms with Gasteiger partial charge in [0.15, 0.2) is 0 Å². The number of hydrogen-bond acceptors (Lipinski definition) is 1. The Morgan fingerprint density at radius 3 is 2.64 bits per heavy atom. The Morgan fingerprint density at radius 2 is 1.92 bits per heavy atom. The van der Waals surface area contributed by atoms with Crippen LogP contribution < -0.4 is 4.90 Å². The van der Waals surface area contributed by atoms with Crippen LogP contribution in [0, 0.1) is 6.92 Å². The van der Waals surface area contributed by atoms with Crippen LogP contribution >= 0.6 is 0 Å². The first-order valence-electron chi connectivity index (χ1n) is 9.48. The van der Waals surface area contributed by atoms with Crippen LogP contribution in [0.15, 0.2) is 43.5 Å². The van der Waals surface area contributed by atoms with E-state index in [0.29, 0.717) is 6.54 Å². The molecule has 0 saturated carbocycles. The van der Waals surface area contributed by atoms with Crippen LogP contribution in [0.3, 0.4) is 0 Å². The first kappa shape index (κ1) is 18.0. The van der Waals surface area contributed by atoms with Crippen molar-refractivity contribution in [1.82, 2.24) is 4.57 Å². The third kappa shape index (κ3) is 3.88. The Labute approximate surface area is 151 Å². The molecule has 3 nitrogen and oxygen atoms in total. The molecule has 1 unspecified atom stereocenters. The monoisotopic (exact) mass is 339 g/mol. The van der Waals surface area contributed by atoms with Crippen molar-refractivity contribution in [3.63, 3.8) is 0 Å². The van der Waals surface area contributed by atoms with Gasteiger partial charge in [-0.05, 0) is 62.5 Å². The van der Waals surface area contributed by atoms with Gasteiger partial charge in [-0.2, -0.15) is 0 Å². The summed E-state index contributed by atoms with van der Waals surface area (Å²) >= 11 is 0. The summed E-state index contributed by atoms with van der Waals surface area (Å²) in [4.78, 5) is 1.30. The third-order valence-corrected chi connectivity index (χ3v) is 5.32. The molecule has 1 aliphatic rings. The van der Waals surface area contributed by atoms with Crippen molar-refractivity contribution >= 4 is 10.9 Å². The number of quaternary nitrogens is 1. The van der Waals surface area contributed by atoms with Gasteiger partial charge in [-0.25, -0.2) is 0 Å². The molecule has 1 aliphatic carbocycles. The van der Waals surface area contributed by atoms with Crippen LogP contribution in [0.5, 0.6) is 0 Å². The van der Waals surface area contributed by atoms with Crippen molar-refractivity contribution in [2.45, 2.75) is 45.3 Å². The summed E-state index contributed by atoms with van der Waals surface area (Å²) < 4.78 is 2.38. The molecule has 134 valence electrons. The molecule has 25 heavy (non-hydrogen) atoms. The highest BCUT2D eigenvalue weighted by atomic mass is 16.3. The van der Waals surface area contributed by atoms with E-state index in [2.05, 4.69) is 42.8 Å². The molecule has 1 aromatic carbocycles. The summed E-state index contributed by atoms with van der Waals surface area (Å²) in [5.41, 5.74) is 5.55. The maximum Gasteiger partial charge on any atom is 0.121 e. The second-order valence-electron chi connectivity index (χ2n) is 7.36. The van der Waals surface area contributed by atoms with Crippen molar-refractivity contribution in [3.05, 3.63) is 60.3 Å². The fraction of sp³-hybridized carbons (Fsp3) is 0.455. The van der Waals surface area contributed by atoms with Gasteiger partial charge in [0, 0.05) is 16.6 Å². The Balaban J connectivity index is 1.87. The van der Waals surface area contributed by atoms with Crippen LogP contribution in [0.4, 0.5) is 0 Å². The highest BCUT2D eigenvalue weighted by molar-refractivity contribution is 5.86. The number of fused-ring (bicyclic) bond motifs is 3. The Morgan fingerprint density at radius 1 is 1.20 bits per heavy atom. The van der Waals surface area contributed by atoms with E-state index < -0.39 is 0 Å². The van der Waals surface area contributed by atoms with Crippen LogP contribution in [-0.2, 0) is 19.4 Å². The quantitative estimate of drug-likeness (QED) is 0.711. The summed E-state index contributed by atoms with van der Waals surface area (Å²) in [5.74, 6) is 0. The molecule has 0 fully saturated rings. The molecular formula is C22H31N2O+. The molecule has 0 bridgehead atoms. The fourth-order valence-electron chi connectivity index (χ4n) is 4.23. The molecule has 3 rings (SSSR count). The molecule has 3 heteroatoms. The number of aryl methyl sites for hydroxylation is 2. The van der Waals surface area contributed by atoms with Gasteiger partial charge in [0.2, 0.25) is 0 Å².